The van der Waals surface area contributed by atoms with E-state index in [-0.39, 0.29) is 0 Å². The lowest BCUT2D eigenvalue weighted by molar-refractivity contribution is 0.462. The zero-order chi connectivity index (χ0) is 21.2. The number of hydrogen-bond donors (Lipinski definition) is 0. The number of aryl methyl sites for hydroxylation is 2. The molecule has 0 unspecified atom stereocenters. The molecule has 0 N–H and O–H groups in total. The van der Waals surface area contributed by atoms with Gasteiger partial charge < -0.3 is 9.30 Å². The molecule has 0 spiro atoms. The van der Waals surface area contributed by atoms with Gasteiger partial charge in [0.2, 0.25) is 5.88 Å². The first-order chi connectivity index (χ1) is 15.2. The van der Waals surface area contributed by atoms with Crippen molar-refractivity contribution in [3.05, 3.63) is 96.3 Å². The number of fused-ring (bicyclic) bond motifs is 1. The summed E-state index contributed by atoms with van der Waals surface area (Å²) in [6, 6.07) is 20.0. The summed E-state index contributed by atoms with van der Waals surface area (Å²) in [6.07, 6.45) is 5.80. The van der Waals surface area contributed by atoms with Crippen molar-refractivity contribution >= 4 is 11.0 Å². The van der Waals surface area contributed by atoms with Crippen LogP contribution < -0.4 is 4.74 Å². The average Bonchev–Trinajstić information content (AvgIpc) is 3.11. The van der Waals surface area contributed by atoms with Crippen LogP contribution in [0.5, 0.6) is 11.6 Å². The molecule has 0 amide bonds. The lowest BCUT2D eigenvalue weighted by Crippen LogP contribution is -1.99. The molecule has 2 aromatic carbocycles. The molecule has 3 heterocycles. The first-order valence-corrected chi connectivity index (χ1v) is 10.1. The summed E-state index contributed by atoms with van der Waals surface area (Å²) >= 11 is 0. The maximum absolute atomic E-state index is 6.07. The molecular formula is C25H21N5O. The molecule has 3 aromatic heterocycles. The number of nitrogens with zero attached hydrogens (tertiary/aromatic N) is 5. The summed E-state index contributed by atoms with van der Waals surface area (Å²) in [6.45, 7) is 1.95. The third-order valence-electron chi connectivity index (χ3n) is 5.31. The van der Waals surface area contributed by atoms with E-state index in [0.717, 1.165) is 40.1 Å². The summed E-state index contributed by atoms with van der Waals surface area (Å²) in [5.74, 6) is 2.19. The van der Waals surface area contributed by atoms with Gasteiger partial charge in [-0.15, -0.1) is 0 Å². The number of rotatable bonds is 5. The van der Waals surface area contributed by atoms with Gasteiger partial charge in [-0.2, -0.15) is 0 Å². The van der Waals surface area contributed by atoms with E-state index in [2.05, 4.69) is 44.8 Å². The van der Waals surface area contributed by atoms with Crippen LogP contribution in [0, 0.1) is 6.92 Å². The summed E-state index contributed by atoms with van der Waals surface area (Å²) in [5, 5.41) is 0. The number of ether oxygens (including phenoxy) is 1. The smallest absolute Gasteiger partial charge is 0.246 e. The predicted molar refractivity (Wildman–Crippen MR) is 120 cm³/mol. The van der Waals surface area contributed by atoms with Crippen LogP contribution in [0.4, 0.5) is 0 Å². The Bertz CT molecular complexity index is 1360. The van der Waals surface area contributed by atoms with Crippen molar-refractivity contribution in [3.63, 3.8) is 0 Å². The average molecular weight is 407 g/mol. The molecule has 0 saturated carbocycles. The summed E-state index contributed by atoms with van der Waals surface area (Å²) in [4.78, 5) is 18.0. The fourth-order valence-corrected chi connectivity index (χ4v) is 3.64. The third-order valence-corrected chi connectivity index (χ3v) is 5.31. The number of para-hydroxylation sites is 2. The Morgan fingerprint density at radius 3 is 2.45 bits per heavy atom. The van der Waals surface area contributed by atoms with Gasteiger partial charge in [0.15, 0.2) is 0 Å². The highest BCUT2D eigenvalue weighted by Crippen LogP contribution is 2.30. The van der Waals surface area contributed by atoms with E-state index in [9.17, 15) is 0 Å². The van der Waals surface area contributed by atoms with E-state index in [4.69, 9.17) is 9.72 Å². The Labute approximate surface area is 180 Å². The quantitative estimate of drug-likeness (QED) is 0.405. The molecule has 6 nitrogen and oxygen atoms in total. The van der Waals surface area contributed by atoms with Crippen LogP contribution in [-0.4, -0.2) is 24.5 Å². The van der Waals surface area contributed by atoms with Crippen LogP contribution in [0.3, 0.4) is 0 Å². The first-order valence-electron chi connectivity index (χ1n) is 10.1. The molecular weight excluding hydrogens is 386 g/mol. The highest BCUT2D eigenvalue weighted by atomic mass is 16.5. The van der Waals surface area contributed by atoms with Crippen molar-refractivity contribution in [2.45, 2.75) is 13.3 Å². The maximum atomic E-state index is 6.07. The van der Waals surface area contributed by atoms with E-state index in [1.165, 1.54) is 0 Å². The van der Waals surface area contributed by atoms with Crippen LogP contribution >= 0.6 is 0 Å². The lowest BCUT2D eigenvalue weighted by Gasteiger charge is -2.11. The molecule has 0 saturated heterocycles. The largest absolute Gasteiger partial charge is 0.437 e. The van der Waals surface area contributed by atoms with E-state index >= 15 is 0 Å². The SMILES string of the molecule is Cc1ncccc1-c1nccnc1Oc1ccc(Cc2nc3ccccc3n2C)cc1. The Morgan fingerprint density at radius 1 is 0.839 bits per heavy atom. The number of imidazole rings is 1. The molecule has 0 atom stereocenters. The topological polar surface area (TPSA) is 65.7 Å². The fraction of sp³-hybridized carbons (Fsp3) is 0.120. The second-order valence-corrected chi connectivity index (χ2v) is 7.35. The van der Waals surface area contributed by atoms with Crippen molar-refractivity contribution in [1.82, 2.24) is 24.5 Å². The summed E-state index contributed by atoms with van der Waals surface area (Å²) < 4.78 is 8.21. The molecule has 0 aliphatic rings. The zero-order valence-corrected chi connectivity index (χ0v) is 17.4. The Kier molecular flexibility index (Phi) is 4.88. The van der Waals surface area contributed by atoms with Crippen LogP contribution in [0.15, 0.2) is 79.3 Å². The number of aromatic nitrogens is 5. The number of hydrogen-bond acceptors (Lipinski definition) is 5. The highest BCUT2D eigenvalue weighted by molar-refractivity contribution is 5.75. The van der Waals surface area contributed by atoms with Gasteiger partial charge in [-0.3, -0.25) is 4.98 Å². The minimum Gasteiger partial charge on any atom is -0.437 e. The van der Waals surface area contributed by atoms with Gasteiger partial charge in [0.25, 0.3) is 0 Å². The van der Waals surface area contributed by atoms with E-state index in [0.29, 0.717) is 17.3 Å². The second-order valence-electron chi connectivity index (χ2n) is 7.35. The second kappa shape index (κ2) is 7.99. The molecule has 0 radical (unpaired) electrons. The molecule has 0 fully saturated rings. The number of pyridine rings is 1. The van der Waals surface area contributed by atoms with Crippen molar-refractivity contribution in [3.8, 4) is 22.9 Å². The zero-order valence-electron chi connectivity index (χ0n) is 17.4. The predicted octanol–water partition coefficient (Wildman–Crippen LogP) is 5.12. The molecule has 6 heteroatoms. The fourth-order valence-electron chi connectivity index (χ4n) is 3.64. The van der Waals surface area contributed by atoms with Crippen LogP contribution in [0.25, 0.3) is 22.3 Å². The number of benzene rings is 2. The monoisotopic (exact) mass is 407 g/mol. The minimum absolute atomic E-state index is 0.460. The van der Waals surface area contributed by atoms with Crippen molar-refractivity contribution < 1.29 is 4.74 Å². The first kappa shape index (κ1) is 18.9. The molecule has 5 rings (SSSR count). The molecule has 5 aromatic rings. The van der Waals surface area contributed by atoms with Gasteiger partial charge in [0.05, 0.1) is 11.0 Å². The van der Waals surface area contributed by atoms with Crippen molar-refractivity contribution in [1.29, 1.82) is 0 Å². The molecule has 152 valence electrons. The van der Waals surface area contributed by atoms with Gasteiger partial charge in [-0.1, -0.05) is 24.3 Å². The summed E-state index contributed by atoms with van der Waals surface area (Å²) in [5.41, 5.74) is 5.78. The minimum atomic E-state index is 0.460. The molecule has 0 aliphatic heterocycles. The van der Waals surface area contributed by atoms with Crippen molar-refractivity contribution in [2.75, 3.05) is 0 Å². The molecule has 0 aliphatic carbocycles. The van der Waals surface area contributed by atoms with Gasteiger partial charge in [0, 0.05) is 43.3 Å². The lowest BCUT2D eigenvalue weighted by atomic mass is 10.1. The highest BCUT2D eigenvalue weighted by Gasteiger charge is 2.13. The molecule has 0 bridgehead atoms. The van der Waals surface area contributed by atoms with Gasteiger partial charge in [-0.05, 0) is 48.9 Å². The molecule has 31 heavy (non-hydrogen) atoms. The normalized spacial score (nSPS) is 11.0. The summed E-state index contributed by atoms with van der Waals surface area (Å²) in [7, 11) is 2.05. The van der Waals surface area contributed by atoms with Gasteiger partial charge in [-0.25, -0.2) is 15.0 Å². The Morgan fingerprint density at radius 2 is 1.65 bits per heavy atom. The van der Waals surface area contributed by atoms with E-state index in [1.54, 1.807) is 18.6 Å². The van der Waals surface area contributed by atoms with Crippen LogP contribution in [0.2, 0.25) is 0 Å². The van der Waals surface area contributed by atoms with Crippen LogP contribution in [0.1, 0.15) is 17.1 Å². The van der Waals surface area contributed by atoms with Gasteiger partial charge in [0.1, 0.15) is 17.3 Å². The third kappa shape index (κ3) is 3.75. The van der Waals surface area contributed by atoms with Crippen LogP contribution in [-0.2, 0) is 13.5 Å². The standard InChI is InChI=1S/C25H21N5O/c1-17-20(6-5-13-26-17)24-25(28-15-14-27-24)31-19-11-9-18(10-12-19)16-23-29-21-7-3-4-8-22(21)30(23)2/h3-15H,16H2,1-2H3. The Hall–Kier alpha value is -4.06. The van der Waals surface area contributed by atoms with Gasteiger partial charge >= 0.3 is 0 Å². The maximum Gasteiger partial charge on any atom is 0.246 e. The Balaban J connectivity index is 1.38. The van der Waals surface area contributed by atoms with Crippen molar-refractivity contribution in [2.24, 2.45) is 7.05 Å². The van der Waals surface area contributed by atoms with E-state index in [1.807, 2.05) is 49.4 Å². The van der Waals surface area contributed by atoms with E-state index < -0.39 is 0 Å².